The highest BCUT2D eigenvalue weighted by atomic mass is 35.5. The van der Waals surface area contributed by atoms with E-state index in [4.69, 9.17) is 21.1 Å². The predicted molar refractivity (Wildman–Crippen MR) is 85.1 cm³/mol. The summed E-state index contributed by atoms with van der Waals surface area (Å²) in [4.78, 5) is 19.5. The molecule has 0 spiro atoms. The maximum absolute atomic E-state index is 11.9. The Labute approximate surface area is 134 Å². The summed E-state index contributed by atoms with van der Waals surface area (Å²) in [5.41, 5.74) is 1.00. The fourth-order valence-electron chi connectivity index (χ4n) is 1.97. The number of amides is 1. The smallest absolute Gasteiger partial charge is 0.408 e. The Kier molecular flexibility index (Phi) is 4.93. The van der Waals surface area contributed by atoms with Gasteiger partial charge in [-0.05, 0) is 39.0 Å². The van der Waals surface area contributed by atoms with Crippen LogP contribution in [0.15, 0.2) is 18.2 Å². The SMILES string of the molecule is COC[C@H](NC(=O)OC(C)(C)C)c1nc2ccc(Cl)cc2[nH]1. The van der Waals surface area contributed by atoms with E-state index in [0.29, 0.717) is 10.8 Å². The zero-order valence-corrected chi connectivity index (χ0v) is 13.8. The van der Waals surface area contributed by atoms with E-state index in [-0.39, 0.29) is 6.61 Å². The molecule has 1 atom stereocenters. The number of benzene rings is 1. The van der Waals surface area contributed by atoms with Gasteiger partial charge in [-0.3, -0.25) is 0 Å². The number of carbonyl (C=O) groups is 1. The lowest BCUT2D eigenvalue weighted by atomic mass is 10.2. The van der Waals surface area contributed by atoms with Crippen LogP contribution in [0.5, 0.6) is 0 Å². The first kappa shape index (κ1) is 16.6. The van der Waals surface area contributed by atoms with Crippen molar-refractivity contribution in [3.8, 4) is 0 Å². The van der Waals surface area contributed by atoms with Crippen LogP contribution in [0.2, 0.25) is 5.02 Å². The number of H-pyrrole nitrogens is 1. The van der Waals surface area contributed by atoms with Gasteiger partial charge in [0.05, 0.1) is 17.6 Å². The number of ether oxygens (including phenoxy) is 2. The summed E-state index contributed by atoms with van der Waals surface area (Å²) in [6.07, 6.45) is -0.520. The molecule has 1 amide bonds. The average molecular weight is 326 g/mol. The number of rotatable bonds is 4. The summed E-state index contributed by atoms with van der Waals surface area (Å²) in [5.74, 6) is 0.588. The van der Waals surface area contributed by atoms with Crippen molar-refractivity contribution in [3.63, 3.8) is 0 Å². The second kappa shape index (κ2) is 6.54. The van der Waals surface area contributed by atoms with Crippen LogP contribution in [0.3, 0.4) is 0 Å². The van der Waals surface area contributed by atoms with Gasteiger partial charge in [0.15, 0.2) is 0 Å². The number of alkyl carbamates (subject to hydrolysis) is 1. The van der Waals surface area contributed by atoms with Crippen molar-refractivity contribution in [3.05, 3.63) is 29.0 Å². The van der Waals surface area contributed by atoms with Crippen LogP contribution < -0.4 is 5.32 Å². The zero-order chi connectivity index (χ0) is 16.3. The van der Waals surface area contributed by atoms with Gasteiger partial charge < -0.3 is 19.8 Å². The third-order valence-electron chi connectivity index (χ3n) is 2.82. The van der Waals surface area contributed by atoms with Gasteiger partial charge in [0.1, 0.15) is 17.5 Å². The number of nitrogens with one attached hydrogen (secondary N) is 2. The largest absolute Gasteiger partial charge is 0.444 e. The van der Waals surface area contributed by atoms with Crippen molar-refractivity contribution >= 4 is 28.7 Å². The molecule has 0 saturated carbocycles. The Bertz CT molecular complexity index is 664. The van der Waals surface area contributed by atoms with Crippen molar-refractivity contribution in [1.82, 2.24) is 15.3 Å². The quantitative estimate of drug-likeness (QED) is 0.903. The van der Waals surface area contributed by atoms with E-state index in [2.05, 4.69) is 15.3 Å². The standard InChI is InChI=1S/C15H20ClN3O3/c1-15(2,3)22-14(20)19-12(8-21-4)13-17-10-6-5-9(16)7-11(10)18-13/h5-7,12H,8H2,1-4H3,(H,17,18)(H,19,20)/t12-/m0/s1. The molecular weight excluding hydrogens is 306 g/mol. The molecule has 0 aliphatic rings. The topological polar surface area (TPSA) is 76.2 Å². The minimum absolute atomic E-state index is 0.271. The van der Waals surface area contributed by atoms with E-state index in [1.54, 1.807) is 40.0 Å². The molecule has 0 bridgehead atoms. The van der Waals surface area contributed by atoms with E-state index in [0.717, 1.165) is 11.0 Å². The monoisotopic (exact) mass is 325 g/mol. The first-order valence-electron chi connectivity index (χ1n) is 6.92. The highest BCUT2D eigenvalue weighted by Gasteiger charge is 2.22. The Balaban J connectivity index is 2.20. The number of aromatic amines is 1. The van der Waals surface area contributed by atoms with Crippen LogP contribution in [0.4, 0.5) is 4.79 Å². The zero-order valence-electron chi connectivity index (χ0n) is 13.1. The summed E-state index contributed by atoms with van der Waals surface area (Å²) in [5, 5.41) is 3.37. The van der Waals surface area contributed by atoms with E-state index in [1.807, 2.05) is 6.07 Å². The van der Waals surface area contributed by atoms with Gasteiger partial charge >= 0.3 is 6.09 Å². The van der Waals surface area contributed by atoms with Crippen LogP contribution in [0.25, 0.3) is 11.0 Å². The molecular formula is C15H20ClN3O3. The lowest BCUT2D eigenvalue weighted by Crippen LogP contribution is -2.37. The summed E-state index contributed by atoms with van der Waals surface area (Å²) in [6, 6.07) is 4.92. The summed E-state index contributed by atoms with van der Waals surface area (Å²) in [7, 11) is 1.56. The van der Waals surface area contributed by atoms with E-state index >= 15 is 0 Å². The Morgan fingerprint density at radius 3 is 2.82 bits per heavy atom. The molecule has 22 heavy (non-hydrogen) atoms. The second-order valence-electron chi connectivity index (χ2n) is 5.94. The Morgan fingerprint density at radius 2 is 2.18 bits per heavy atom. The number of hydrogen-bond acceptors (Lipinski definition) is 4. The molecule has 0 radical (unpaired) electrons. The fraction of sp³-hybridized carbons (Fsp3) is 0.467. The number of carbonyl (C=O) groups excluding carboxylic acids is 1. The number of fused-ring (bicyclic) bond motifs is 1. The molecule has 1 aromatic carbocycles. The predicted octanol–water partition coefficient (Wildman–Crippen LogP) is 3.43. The minimum atomic E-state index is -0.566. The van der Waals surface area contributed by atoms with E-state index in [1.165, 1.54) is 0 Å². The maximum Gasteiger partial charge on any atom is 0.408 e. The van der Waals surface area contributed by atoms with Gasteiger partial charge in [0.2, 0.25) is 0 Å². The molecule has 0 saturated heterocycles. The summed E-state index contributed by atoms with van der Waals surface area (Å²) < 4.78 is 10.4. The first-order chi connectivity index (χ1) is 10.3. The lowest BCUT2D eigenvalue weighted by molar-refractivity contribution is 0.0464. The van der Waals surface area contributed by atoms with Crippen molar-refractivity contribution in [1.29, 1.82) is 0 Å². The normalized spacial score (nSPS) is 13.1. The number of hydrogen-bond donors (Lipinski definition) is 2. The maximum atomic E-state index is 11.9. The molecule has 1 aromatic heterocycles. The van der Waals surface area contributed by atoms with Gasteiger partial charge in [-0.2, -0.15) is 0 Å². The summed E-state index contributed by atoms with van der Waals surface area (Å²) >= 11 is 5.96. The minimum Gasteiger partial charge on any atom is -0.444 e. The van der Waals surface area contributed by atoms with Crippen molar-refractivity contribution in [2.45, 2.75) is 32.4 Å². The van der Waals surface area contributed by atoms with Crippen LogP contribution in [0.1, 0.15) is 32.6 Å². The second-order valence-corrected chi connectivity index (χ2v) is 6.37. The number of nitrogens with zero attached hydrogens (tertiary/aromatic N) is 1. The Hall–Kier alpha value is -1.79. The molecule has 7 heteroatoms. The van der Waals surface area contributed by atoms with Crippen molar-refractivity contribution in [2.75, 3.05) is 13.7 Å². The van der Waals surface area contributed by atoms with Crippen LogP contribution >= 0.6 is 11.6 Å². The van der Waals surface area contributed by atoms with Gasteiger partial charge in [0.25, 0.3) is 0 Å². The van der Waals surface area contributed by atoms with Gasteiger partial charge in [-0.1, -0.05) is 11.6 Å². The van der Waals surface area contributed by atoms with Gasteiger partial charge in [-0.25, -0.2) is 9.78 Å². The number of methoxy groups -OCH3 is 1. The van der Waals surface area contributed by atoms with Crippen LogP contribution in [-0.2, 0) is 9.47 Å². The van der Waals surface area contributed by atoms with Crippen LogP contribution in [-0.4, -0.2) is 35.4 Å². The Morgan fingerprint density at radius 1 is 1.45 bits per heavy atom. The highest BCUT2D eigenvalue weighted by molar-refractivity contribution is 6.31. The molecule has 2 rings (SSSR count). The molecule has 0 unspecified atom stereocenters. The fourth-order valence-corrected chi connectivity index (χ4v) is 2.14. The molecule has 0 aliphatic carbocycles. The van der Waals surface area contributed by atoms with Gasteiger partial charge in [0, 0.05) is 12.1 Å². The van der Waals surface area contributed by atoms with Crippen LogP contribution in [0, 0.1) is 0 Å². The van der Waals surface area contributed by atoms with Crippen molar-refractivity contribution < 1.29 is 14.3 Å². The third kappa shape index (κ3) is 4.35. The average Bonchev–Trinajstić information content (AvgIpc) is 2.78. The molecule has 6 nitrogen and oxygen atoms in total. The molecule has 2 aromatic rings. The van der Waals surface area contributed by atoms with E-state index < -0.39 is 17.7 Å². The molecule has 0 fully saturated rings. The molecule has 2 N–H and O–H groups in total. The number of imidazole rings is 1. The van der Waals surface area contributed by atoms with E-state index in [9.17, 15) is 4.79 Å². The van der Waals surface area contributed by atoms with Gasteiger partial charge in [-0.15, -0.1) is 0 Å². The summed E-state index contributed by atoms with van der Waals surface area (Å²) in [6.45, 7) is 5.69. The molecule has 1 heterocycles. The number of halogens is 1. The van der Waals surface area contributed by atoms with Crippen molar-refractivity contribution in [2.24, 2.45) is 0 Å². The number of aromatic nitrogens is 2. The molecule has 120 valence electrons. The lowest BCUT2D eigenvalue weighted by Gasteiger charge is -2.22. The first-order valence-corrected chi connectivity index (χ1v) is 7.30. The highest BCUT2D eigenvalue weighted by Crippen LogP contribution is 2.20. The third-order valence-corrected chi connectivity index (χ3v) is 3.05. The molecule has 0 aliphatic heterocycles.